The van der Waals surface area contributed by atoms with E-state index in [4.69, 9.17) is 4.74 Å². The first-order valence-corrected chi connectivity index (χ1v) is 8.04. The third-order valence-corrected chi connectivity index (χ3v) is 3.74. The van der Waals surface area contributed by atoms with Gasteiger partial charge in [-0.15, -0.1) is 5.10 Å². The van der Waals surface area contributed by atoms with Crippen LogP contribution < -0.4 is 10.6 Å². The minimum Gasteiger partial charge on any atom is -0.465 e. The van der Waals surface area contributed by atoms with Gasteiger partial charge in [-0.3, -0.25) is 0 Å². The van der Waals surface area contributed by atoms with Gasteiger partial charge >= 0.3 is 5.97 Å². The number of nitrogens with zero attached hydrogens (tertiary/aromatic N) is 3. The van der Waals surface area contributed by atoms with Gasteiger partial charge in [0.05, 0.1) is 18.9 Å². The number of anilines is 4. The number of ether oxygens (including phenoxy) is 1. The number of hydrogen-bond donors (Lipinski definition) is 2. The second-order valence-electron chi connectivity index (χ2n) is 5.81. The molecule has 3 aromatic rings. The highest BCUT2D eigenvalue weighted by atomic mass is 16.5. The maximum absolute atomic E-state index is 11.6. The molecule has 1 aromatic heterocycles. The SMILES string of the molecule is COC(=O)c1cccc(Nc2cnnc(Nc3ccc(C)cc3C)n2)c1. The molecule has 0 aliphatic heterocycles. The Morgan fingerprint density at radius 1 is 1.08 bits per heavy atom. The second-order valence-corrected chi connectivity index (χ2v) is 5.81. The van der Waals surface area contributed by atoms with Crippen molar-refractivity contribution in [2.24, 2.45) is 0 Å². The van der Waals surface area contributed by atoms with Crippen molar-refractivity contribution in [1.29, 1.82) is 0 Å². The Bertz CT molecular complexity index is 943. The fourth-order valence-electron chi connectivity index (χ4n) is 2.48. The molecule has 1 heterocycles. The first-order chi connectivity index (χ1) is 12.5. The summed E-state index contributed by atoms with van der Waals surface area (Å²) in [5, 5.41) is 14.3. The quantitative estimate of drug-likeness (QED) is 0.678. The van der Waals surface area contributed by atoms with Crippen LogP contribution in [0, 0.1) is 13.8 Å². The standard InChI is InChI=1S/C19H19N5O2/c1-12-7-8-16(13(2)9-12)22-19-23-17(11-20-24-19)21-15-6-4-5-14(10-15)18(25)26-3/h4-11H,1-3H3,(H2,21,22,23,24). The topological polar surface area (TPSA) is 89.0 Å². The summed E-state index contributed by atoms with van der Waals surface area (Å²) in [6.45, 7) is 4.06. The predicted octanol–water partition coefficient (Wildman–Crippen LogP) is 3.76. The zero-order chi connectivity index (χ0) is 18.5. The summed E-state index contributed by atoms with van der Waals surface area (Å²) in [5.74, 6) is 0.493. The van der Waals surface area contributed by atoms with E-state index in [9.17, 15) is 4.79 Å². The molecule has 3 rings (SSSR count). The summed E-state index contributed by atoms with van der Waals surface area (Å²) in [7, 11) is 1.35. The normalized spacial score (nSPS) is 10.3. The average Bonchev–Trinajstić information content (AvgIpc) is 2.64. The molecule has 26 heavy (non-hydrogen) atoms. The molecule has 7 nitrogen and oxygen atoms in total. The molecule has 7 heteroatoms. The molecule has 0 unspecified atom stereocenters. The van der Waals surface area contributed by atoms with Gasteiger partial charge in [0.2, 0.25) is 5.95 Å². The molecule has 0 spiro atoms. The highest BCUT2D eigenvalue weighted by Crippen LogP contribution is 2.21. The molecule has 2 aromatic carbocycles. The first kappa shape index (κ1) is 17.3. The number of nitrogens with one attached hydrogen (secondary N) is 2. The van der Waals surface area contributed by atoms with Crippen LogP contribution in [0.2, 0.25) is 0 Å². The largest absolute Gasteiger partial charge is 0.465 e. The van der Waals surface area contributed by atoms with Crippen LogP contribution in [0.4, 0.5) is 23.1 Å². The van der Waals surface area contributed by atoms with E-state index in [0.717, 1.165) is 11.3 Å². The summed E-state index contributed by atoms with van der Waals surface area (Å²) >= 11 is 0. The first-order valence-electron chi connectivity index (χ1n) is 8.04. The van der Waals surface area contributed by atoms with Crippen molar-refractivity contribution in [2.45, 2.75) is 13.8 Å². The van der Waals surface area contributed by atoms with Crippen molar-refractivity contribution in [2.75, 3.05) is 17.7 Å². The van der Waals surface area contributed by atoms with Crippen LogP contribution in [-0.4, -0.2) is 28.3 Å². The summed E-state index contributed by atoms with van der Waals surface area (Å²) in [6.07, 6.45) is 1.51. The van der Waals surface area contributed by atoms with Gasteiger partial charge in [0.15, 0.2) is 5.82 Å². The summed E-state index contributed by atoms with van der Waals surface area (Å²) in [4.78, 5) is 16.0. The van der Waals surface area contributed by atoms with E-state index in [1.54, 1.807) is 18.2 Å². The van der Waals surface area contributed by atoms with E-state index in [2.05, 4.69) is 31.9 Å². The zero-order valence-electron chi connectivity index (χ0n) is 14.8. The minimum absolute atomic E-state index is 0.381. The third kappa shape index (κ3) is 4.13. The van der Waals surface area contributed by atoms with Crippen molar-refractivity contribution >= 4 is 29.1 Å². The van der Waals surface area contributed by atoms with Gasteiger partial charge in [0, 0.05) is 11.4 Å². The Labute approximate surface area is 151 Å². The Hall–Kier alpha value is -3.48. The van der Waals surface area contributed by atoms with Crippen LogP contribution in [0.15, 0.2) is 48.7 Å². The summed E-state index contributed by atoms with van der Waals surface area (Å²) < 4.78 is 4.73. The Morgan fingerprint density at radius 2 is 1.92 bits per heavy atom. The van der Waals surface area contributed by atoms with E-state index >= 15 is 0 Å². The lowest BCUT2D eigenvalue weighted by Crippen LogP contribution is -2.04. The maximum Gasteiger partial charge on any atom is 0.337 e. The van der Waals surface area contributed by atoms with Crippen LogP contribution in [0.25, 0.3) is 0 Å². The van der Waals surface area contributed by atoms with Crippen LogP contribution in [0.1, 0.15) is 21.5 Å². The van der Waals surface area contributed by atoms with Crippen LogP contribution >= 0.6 is 0 Å². The Morgan fingerprint density at radius 3 is 2.69 bits per heavy atom. The Balaban J connectivity index is 1.78. The maximum atomic E-state index is 11.6. The van der Waals surface area contributed by atoms with Crippen LogP contribution in [-0.2, 0) is 4.74 Å². The number of aryl methyl sites for hydroxylation is 2. The smallest absolute Gasteiger partial charge is 0.337 e. The van der Waals surface area contributed by atoms with Crippen LogP contribution in [0.5, 0.6) is 0 Å². The molecule has 132 valence electrons. The van der Waals surface area contributed by atoms with E-state index in [0.29, 0.717) is 23.0 Å². The van der Waals surface area contributed by atoms with E-state index in [1.807, 2.05) is 32.0 Å². The number of methoxy groups -OCH3 is 1. The molecule has 0 saturated carbocycles. The van der Waals surface area contributed by atoms with E-state index in [-0.39, 0.29) is 0 Å². The fourth-order valence-corrected chi connectivity index (χ4v) is 2.48. The fraction of sp³-hybridized carbons (Fsp3) is 0.158. The lowest BCUT2D eigenvalue weighted by molar-refractivity contribution is 0.0601. The number of carbonyl (C=O) groups is 1. The number of rotatable bonds is 5. The molecule has 0 amide bonds. The molecule has 0 fully saturated rings. The minimum atomic E-state index is -0.397. The van der Waals surface area contributed by atoms with E-state index in [1.165, 1.54) is 18.9 Å². The van der Waals surface area contributed by atoms with Gasteiger partial charge < -0.3 is 15.4 Å². The van der Waals surface area contributed by atoms with Crippen molar-refractivity contribution in [3.8, 4) is 0 Å². The molecule has 0 saturated heterocycles. The number of benzene rings is 2. The monoisotopic (exact) mass is 349 g/mol. The lowest BCUT2D eigenvalue weighted by Gasteiger charge is -2.10. The second kappa shape index (κ2) is 7.60. The van der Waals surface area contributed by atoms with Crippen molar-refractivity contribution in [1.82, 2.24) is 15.2 Å². The third-order valence-electron chi connectivity index (χ3n) is 3.74. The Kier molecular flexibility index (Phi) is 5.07. The van der Waals surface area contributed by atoms with Crippen molar-refractivity contribution in [3.05, 3.63) is 65.4 Å². The van der Waals surface area contributed by atoms with Gasteiger partial charge in [-0.1, -0.05) is 23.8 Å². The molecule has 0 bridgehead atoms. The van der Waals surface area contributed by atoms with Gasteiger partial charge in [-0.05, 0) is 43.7 Å². The van der Waals surface area contributed by atoms with E-state index < -0.39 is 5.97 Å². The highest BCUT2D eigenvalue weighted by Gasteiger charge is 2.07. The zero-order valence-corrected chi connectivity index (χ0v) is 14.8. The number of hydrogen-bond acceptors (Lipinski definition) is 7. The number of carbonyl (C=O) groups excluding carboxylic acids is 1. The molecule has 0 aliphatic carbocycles. The van der Waals surface area contributed by atoms with Crippen molar-refractivity contribution in [3.63, 3.8) is 0 Å². The summed E-state index contributed by atoms with van der Waals surface area (Å²) in [5.41, 5.74) is 4.35. The van der Waals surface area contributed by atoms with Crippen LogP contribution in [0.3, 0.4) is 0 Å². The molecular weight excluding hydrogens is 330 g/mol. The number of aromatic nitrogens is 3. The molecule has 0 radical (unpaired) electrons. The van der Waals surface area contributed by atoms with Gasteiger partial charge in [-0.2, -0.15) is 10.1 Å². The molecule has 0 aliphatic rings. The molecule has 2 N–H and O–H groups in total. The number of esters is 1. The molecular formula is C19H19N5O2. The highest BCUT2D eigenvalue weighted by molar-refractivity contribution is 5.90. The summed E-state index contributed by atoms with van der Waals surface area (Å²) in [6, 6.07) is 13.0. The van der Waals surface area contributed by atoms with Gasteiger partial charge in [0.25, 0.3) is 0 Å². The van der Waals surface area contributed by atoms with Gasteiger partial charge in [0.1, 0.15) is 0 Å². The molecule has 0 atom stereocenters. The predicted molar refractivity (Wildman–Crippen MR) is 100 cm³/mol. The van der Waals surface area contributed by atoms with Crippen molar-refractivity contribution < 1.29 is 9.53 Å². The average molecular weight is 349 g/mol. The van der Waals surface area contributed by atoms with Gasteiger partial charge in [-0.25, -0.2) is 4.79 Å². The lowest BCUT2D eigenvalue weighted by atomic mass is 10.1.